The third kappa shape index (κ3) is 3.05. The molecule has 0 unspecified atom stereocenters. The molecule has 0 aliphatic carbocycles. The molecule has 0 N–H and O–H groups in total. The molecule has 3 heteroatoms. The first-order chi connectivity index (χ1) is 7.06. The van der Waals surface area contributed by atoms with Gasteiger partial charge in [-0.3, -0.25) is 0 Å². The van der Waals surface area contributed by atoms with Crippen LogP contribution in [0.3, 0.4) is 0 Å². The highest BCUT2D eigenvalue weighted by Crippen LogP contribution is 2.21. The van der Waals surface area contributed by atoms with Crippen LogP contribution in [0.5, 0.6) is 0 Å². The Labute approximate surface area is 97.9 Å². The van der Waals surface area contributed by atoms with Crippen molar-refractivity contribution in [2.45, 2.75) is 18.7 Å². The van der Waals surface area contributed by atoms with E-state index in [1.807, 2.05) is 31.2 Å². The predicted octanol–water partition coefficient (Wildman–Crippen LogP) is 3.76. The van der Waals surface area contributed by atoms with E-state index in [2.05, 4.69) is 6.58 Å². The van der Waals surface area contributed by atoms with E-state index in [9.17, 15) is 4.21 Å². The molecule has 1 aromatic carbocycles. The van der Waals surface area contributed by atoms with Gasteiger partial charge in [0.05, 0.1) is 10.8 Å². The predicted molar refractivity (Wildman–Crippen MR) is 66.3 cm³/mol. The number of hydrogen-bond donors (Lipinski definition) is 0. The lowest BCUT2D eigenvalue weighted by Gasteiger charge is -2.03. The van der Waals surface area contributed by atoms with Crippen molar-refractivity contribution < 1.29 is 4.21 Å². The molecule has 0 saturated carbocycles. The Bertz CT molecular complexity index is 418. The molecule has 1 atom stereocenters. The maximum Gasteiger partial charge on any atom is 0.112 e. The number of hydrogen-bond acceptors (Lipinski definition) is 1. The highest BCUT2D eigenvalue weighted by atomic mass is 35.5. The number of benzene rings is 1. The van der Waals surface area contributed by atoms with Crippen molar-refractivity contribution in [3.8, 4) is 0 Å². The van der Waals surface area contributed by atoms with Crippen molar-refractivity contribution in [2.24, 2.45) is 0 Å². The Kier molecular flexibility index (Phi) is 4.30. The van der Waals surface area contributed by atoms with Crippen molar-refractivity contribution >= 4 is 22.4 Å². The van der Waals surface area contributed by atoms with Gasteiger partial charge in [-0.1, -0.05) is 42.0 Å². The molecule has 80 valence electrons. The normalized spacial score (nSPS) is 14.3. The summed E-state index contributed by atoms with van der Waals surface area (Å²) in [5, 5.41) is 0. The first kappa shape index (κ1) is 12.2. The van der Waals surface area contributed by atoms with Crippen LogP contribution < -0.4 is 0 Å². The summed E-state index contributed by atoms with van der Waals surface area (Å²) in [7, 11) is -1.29. The van der Waals surface area contributed by atoms with E-state index in [4.69, 9.17) is 11.6 Å². The average Bonchev–Trinajstić information content (AvgIpc) is 2.27. The molecule has 0 aliphatic rings. The second-order valence-corrected chi connectivity index (χ2v) is 5.26. The van der Waals surface area contributed by atoms with Crippen LogP contribution in [-0.2, 0) is 10.8 Å². The lowest BCUT2D eigenvalue weighted by atomic mass is 10.2. The fraction of sp³-hybridized carbons (Fsp3) is 0.167. The molecule has 0 spiro atoms. The van der Waals surface area contributed by atoms with Gasteiger partial charge in [-0.15, -0.1) is 0 Å². The van der Waals surface area contributed by atoms with Crippen LogP contribution in [-0.4, -0.2) is 4.21 Å². The first-order valence-electron chi connectivity index (χ1n) is 4.53. The van der Waals surface area contributed by atoms with Crippen LogP contribution in [0.15, 0.2) is 51.8 Å². The lowest BCUT2D eigenvalue weighted by molar-refractivity contribution is 0.687. The highest BCUT2D eigenvalue weighted by Gasteiger charge is 2.09. The molecule has 0 aromatic heterocycles. The van der Waals surface area contributed by atoms with Crippen LogP contribution in [0, 0.1) is 6.92 Å². The van der Waals surface area contributed by atoms with Gasteiger partial charge in [-0.05, 0) is 31.6 Å². The van der Waals surface area contributed by atoms with Crippen molar-refractivity contribution in [1.29, 1.82) is 0 Å². The molecule has 0 amide bonds. The number of aryl methyl sites for hydroxylation is 1. The van der Waals surface area contributed by atoms with Crippen LogP contribution in [0.25, 0.3) is 0 Å². The van der Waals surface area contributed by atoms with Gasteiger partial charge in [0.15, 0.2) is 0 Å². The fourth-order valence-corrected chi connectivity index (χ4v) is 2.30. The van der Waals surface area contributed by atoms with Gasteiger partial charge >= 0.3 is 0 Å². The SMILES string of the molecule is C=C/C(C)=C(\Cl)[S@](=O)c1ccc(C)cc1. The van der Waals surface area contributed by atoms with Crippen LogP contribution in [0.1, 0.15) is 12.5 Å². The smallest absolute Gasteiger partial charge is 0.112 e. The van der Waals surface area contributed by atoms with Gasteiger partial charge < -0.3 is 0 Å². The zero-order valence-corrected chi connectivity index (χ0v) is 10.4. The van der Waals surface area contributed by atoms with Crippen molar-refractivity contribution in [3.63, 3.8) is 0 Å². The summed E-state index contributed by atoms with van der Waals surface area (Å²) in [4.78, 5) is 0.715. The molecule has 0 bridgehead atoms. The molecule has 15 heavy (non-hydrogen) atoms. The van der Waals surface area contributed by atoms with Crippen molar-refractivity contribution in [2.75, 3.05) is 0 Å². The average molecular weight is 241 g/mol. The minimum Gasteiger partial charge on any atom is -0.248 e. The second kappa shape index (κ2) is 5.29. The van der Waals surface area contributed by atoms with E-state index in [0.717, 1.165) is 11.1 Å². The fourth-order valence-electron chi connectivity index (χ4n) is 0.992. The second-order valence-electron chi connectivity index (χ2n) is 3.24. The number of rotatable bonds is 3. The summed E-state index contributed by atoms with van der Waals surface area (Å²) in [6, 6.07) is 7.48. The summed E-state index contributed by atoms with van der Waals surface area (Å²) in [6.07, 6.45) is 1.61. The van der Waals surface area contributed by atoms with Gasteiger partial charge in [-0.25, -0.2) is 4.21 Å². The largest absolute Gasteiger partial charge is 0.248 e. The molecular weight excluding hydrogens is 228 g/mol. The zero-order valence-electron chi connectivity index (χ0n) is 8.79. The third-order valence-corrected chi connectivity index (χ3v) is 4.08. The maximum absolute atomic E-state index is 11.9. The van der Waals surface area contributed by atoms with E-state index >= 15 is 0 Å². The summed E-state index contributed by atoms with van der Waals surface area (Å²) >= 11 is 5.96. The Balaban J connectivity index is 3.05. The summed E-state index contributed by atoms with van der Waals surface area (Å²) in [5.74, 6) is 0. The first-order valence-corrected chi connectivity index (χ1v) is 6.06. The monoisotopic (exact) mass is 240 g/mol. The summed E-state index contributed by atoms with van der Waals surface area (Å²) < 4.78 is 12.3. The Morgan fingerprint density at radius 1 is 1.40 bits per heavy atom. The van der Waals surface area contributed by atoms with Gasteiger partial charge in [0.1, 0.15) is 4.36 Å². The van der Waals surface area contributed by atoms with E-state index in [1.54, 1.807) is 13.0 Å². The van der Waals surface area contributed by atoms with E-state index in [1.165, 1.54) is 0 Å². The van der Waals surface area contributed by atoms with Gasteiger partial charge in [0.2, 0.25) is 0 Å². The molecule has 1 aromatic rings. The summed E-state index contributed by atoms with van der Waals surface area (Å²) in [5.41, 5.74) is 1.88. The molecule has 0 aliphatic heterocycles. The highest BCUT2D eigenvalue weighted by molar-refractivity contribution is 7.90. The zero-order chi connectivity index (χ0) is 11.4. The quantitative estimate of drug-likeness (QED) is 0.736. The Morgan fingerprint density at radius 3 is 2.40 bits per heavy atom. The lowest BCUT2D eigenvalue weighted by Crippen LogP contribution is -1.93. The minimum absolute atomic E-state index is 0.342. The van der Waals surface area contributed by atoms with E-state index in [-0.39, 0.29) is 0 Å². The molecule has 1 rings (SSSR count). The van der Waals surface area contributed by atoms with Gasteiger partial charge in [0.25, 0.3) is 0 Å². The van der Waals surface area contributed by atoms with E-state index in [0.29, 0.717) is 9.26 Å². The van der Waals surface area contributed by atoms with Gasteiger partial charge in [0, 0.05) is 4.90 Å². The number of allylic oxidation sites excluding steroid dienone is 2. The maximum atomic E-state index is 11.9. The molecular formula is C12H13ClOS. The molecule has 1 nitrogen and oxygen atoms in total. The van der Waals surface area contributed by atoms with Crippen LogP contribution in [0.2, 0.25) is 0 Å². The molecule has 0 radical (unpaired) electrons. The van der Waals surface area contributed by atoms with E-state index < -0.39 is 10.8 Å². The molecule has 0 fully saturated rings. The molecule has 0 heterocycles. The number of halogens is 1. The van der Waals surface area contributed by atoms with Crippen LogP contribution in [0.4, 0.5) is 0 Å². The Hall–Kier alpha value is -0.860. The topological polar surface area (TPSA) is 17.1 Å². The Morgan fingerprint density at radius 2 is 1.93 bits per heavy atom. The standard InChI is InChI=1S/C12H13ClOS/c1-4-10(3)12(13)15(14)11-7-5-9(2)6-8-11/h4-8H,1H2,2-3H3/b12-10+/t15-/m1/s1. The minimum atomic E-state index is -1.29. The third-order valence-electron chi connectivity index (χ3n) is 2.01. The van der Waals surface area contributed by atoms with Crippen molar-refractivity contribution in [1.82, 2.24) is 0 Å². The summed E-state index contributed by atoms with van der Waals surface area (Å²) in [6.45, 7) is 7.37. The van der Waals surface area contributed by atoms with Crippen molar-refractivity contribution in [3.05, 3.63) is 52.4 Å². The van der Waals surface area contributed by atoms with Crippen LogP contribution >= 0.6 is 11.6 Å². The molecule has 0 saturated heterocycles. The van der Waals surface area contributed by atoms with Gasteiger partial charge in [-0.2, -0.15) is 0 Å².